The SMILES string of the molecule is Nc1ccc2c(c1)CCC(=O)N2c1nnns1. The zero-order valence-corrected chi connectivity index (χ0v) is 9.65. The first-order chi connectivity index (χ1) is 8.25. The normalized spacial score (nSPS) is 14.8. The summed E-state index contributed by atoms with van der Waals surface area (Å²) in [6.07, 6.45) is 1.16. The van der Waals surface area contributed by atoms with Gasteiger partial charge < -0.3 is 5.73 Å². The van der Waals surface area contributed by atoms with Gasteiger partial charge in [0.25, 0.3) is 0 Å². The summed E-state index contributed by atoms with van der Waals surface area (Å²) in [4.78, 5) is 13.5. The standard InChI is InChI=1S/C10H9N5OS/c11-7-2-3-8-6(5-7)1-4-9(16)15(8)10-12-13-14-17-10/h2-3,5H,1,4,11H2. The third-order valence-electron chi connectivity index (χ3n) is 2.68. The van der Waals surface area contributed by atoms with Crippen LogP contribution in [0.15, 0.2) is 18.2 Å². The summed E-state index contributed by atoms with van der Waals surface area (Å²) in [6.45, 7) is 0. The highest BCUT2D eigenvalue weighted by Crippen LogP contribution is 2.35. The molecule has 7 heteroatoms. The van der Waals surface area contributed by atoms with Gasteiger partial charge in [0.05, 0.1) is 5.69 Å². The van der Waals surface area contributed by atoms with Gasteiger partial charge in [-0.15, -0.1) is 0 Å². The molecule has 1 aliphatic rings. The summed E-state index contributed by atoms with van der Waals surface area (Å²) in [5.74, 6) is 0.0146. The number of amides is 1. The number of carbonyl (C=O) groups excluding carboxylic acids is 1. The molecule has 1 aromatic carbocycles. The second kappa shape index (κ2) is 3.77. The summed E-state index contributed by atoms with van der Waals surface area (Å²) >= 11 is 1.10. The van der Waals surface area contributed by atoms with E-state index in [0.29, 0.717) is 23.7 Å². The Morgan fingerprint density at radius 3 is 3.00 bits per heavy atom. The monoisotopic (exact) mass is 247 g/mol. The van der Waals surface area contributed by atoms with Gasteiger partial charge in [0, 0.05) is 23.6 Å². The molecule has 0 fully saturated rings. The van der Waals surface area contributed by atoms with Crippen molar-refractivity contribution in [2.75, 3.05) is 10.6 Å². The van der Waals surface area contributed by atoms with Crippen LogP contribution in [0.2, 0.25) is 0 Å². The van der Waals surface area contributed by atoms with E-state index in [1.165, 1.54) is 0 Å². The molecule has 1 amide bonds. The van der Waals surface area contributed by atoms with Gasteiger partial charge in [0.15, 0.2) is 0 Å². The zero-order chi connectivity index (χ0) is 11.8. The van der Waals surface area contributed by atoms with Crippen LogP contribution in [0, 0.1) is 0 Å². The van der Waals surface area contributed by atoms with Crippen molar-refractivity contribution in [1.82, 2.24) is 14.8 Å². The van der Waals surface area contributed by atoms with Crippen LogP contribution >= 0.6 is 11.5 Å². The number of benzene rings is 1. The lowest BCUT2D eigenvalue weighted by Crippen LogP contribution is -2.30. The minimum absolute atomic E-state index is 0.0146. The average molecular weight is 247 g/mol. The van der Waals surface area contributed by atoms with Crippen molar-refractivity contribution in [2.24, 2.45) is 0 Å². The number of fused-ring (bicyclic) bond motifs is 1. The largest absolute Gasteiger partial charge is 0.399 e. The second-order valence-electron chi connectivity index (χ2n) is 3.76. The molecule has 0 spiro atoms. The quantitative estimate of drug-likeness (QED) is 0.763. The van der Waals surface area contributed by atoms with Gasteiger partial charge in [-0.3, -0.25) is 9.69 Å². The third-order valence-corrected chi connectivity index (χ3v) is 3.26. The molecule has 0 aliphatic carbocycles. The first-order valence-corrected chi connectivity index (χ1v) is 5.89. The predicted molar refractivity (Wildman–Crippen MR) is 64.0 cm³/mol. The number of rotatable bonds is 1. The van der Waals surface area contributed by atoms with Crippen molar-refractivity contribution >= 4 is 33.9 Å². The van der Waals surface area contributed by atoms with Crippen LogP contribution in [0.4, 0.5) is 16.5 Å². The molecular weight excluding hydrogens is 238 g/mol. The third kappa shape index (κ3) is 1.64. The van der Waals surface area contributed by atoms with Crippen LogP contribution in [-0.4, -0.2) is 20.7 Å². The van der Waals surface area contributed by atoms with E-state index in [4.69, 9.17) is 5.73 Å². The number of nitrogens with two attached hydrogens (primary N) is 1. The topological polar surface area (TPSA) is 85.0 Å². The smallest absolute Gasteiger partial charge is 0.239 e. The molecule has 2 aromatic rings. The molecule has 3 rings (SSSR count). The molecule has 0 radical (unpaired) electrons. The molecule has 0 atom stereocenters. The maximum atomic E-state index is 11.9. The molecule has 2 N–H and O–H groups in total. The lowest BCUT2D eigenvalue weighted by molar-refractivity contribution is -0.118. The van der Waals surface area contributed by atoms with E-state index in [1.807, 2.05) is 12.1 Å². The lowest BCUT2D eigenvalue weighted by atomic mass is 10.0. The fourth-order valence-corrected chi connectivity index (χ4v) is 2.44. The van der Waals surface area contributed by atoms with Crippen molar-refractivity contribution in [3.8, 4) is 0 Å². The van der Waals surface area contributed by atoms with Gasteiger partial charge >= 0.3 is 0 Å². The Hall–Kier alpha value is -2.02. The van der Waals surface area contributed by atoms with Gasteiger partial charge in [0.2, 0.25) is 11.0 Å². The zero-order valence-electron chi connectivity index (χ0n) is 8.83. The number of carbonyl (C=O) groups is 1. The molecule has 0 bridgehead atoms. The van der Waals surface area contributed by atoms with Crippen LogP contribution in [-0.2, 0) is 11.2 Å². The molecule has 6 nitrogen and oxygen atoms in total. The second-order valence-corrected chi connectivity index (χ2v) is 4.47. The van der Waals surface area contributed by atoms with E-state index in [-0.39, 0.29) is 5.91 Å². The summed E-state index contributed by atoms with van der Waals surface area (Å²) < 4.78 is 3.68. The molecule has 0 saturated carbocycles. The van der Waals surface area contributed by atoms with E-state index >= 15 is 0 Å². The Bertz CT molecular complexity index is 568. The van der Waals surface area contributed by atoms with Crippen molar-refractivity contribution in [1.29, 1.82) is 0 Å². The Labute approximate surface area is 101 Å². The van der Waals surface area contributed by atoms with Gasteiger partial charge in [0.1, 0.15) is 0 Å². The highest BCUT2D eigenvalue weighted by atomic mass is 32.1. The highest BCUT2D eigenvalue weighted by molar-refractivity contribution is 7.09. The highest BCUT2D eigenvalue weighted by Gasteiger charge is 2.27. The first-order valence-electron chi connectivity index (χ1n) is 5.12. The minimum Gasteiger partial charge on any atom is -0.399 e. The van der Waals surface area contributed by atoms with E-state index in [2.05, 4.69) is 14.8 Å². The van der Waals surface area contributed by atoms with Crippen molar-refractivity contribution in [2.45, 2.75) is 12.8 Å². The predicted octanol–water partition coefficient (Wildman–Crippen LogP) is 1.13. The first kappa shape index (κ1) is 10.2. The van der Waals surface area contributed by atoms with Crippen molar-refractivity contribution in [3.63, 3.8) is 0 Å². The molecular formula is C10H9N5OS. The van der Waals surface area contributed by atoms with Crippen LogP contribution in [0.5, 0.6) is 0 Å². The van der Waals surface area contributed by atoms with Crippen LogP contribution in [0.3, 0.4) is 0 Å². The molecule has 1 aliphatic heterocycles. The maximum Gasteiger partial charge on any atom is 0.239 e. The van der Waals surface area contributed by atoms with Crippen molar-refractivity contribution in [3.05, 3.63) is 23.8 Å². The number of nitrogens with zero attached hydrogens (tertiary/aromatic N) is 4. The summed E-state index contributed by atoms with van der Waals surface area (Å²) in [5, 5.41) is 7.87. The number of nitrogen functional groups attached to an aromatic ring is 1. The molecule has 0 unspecified atom stereocenters. The van der Waals surface area contributed by atoms with Gasteiger partial charge in [-0.2, -0.15) is 0 Å². The van der Waals surface area contributed by atoms with E-state index < -0.39 is 0 Å². The summed E-state index contributed by atoms with van der Waals surface area (Å²) in [5.41, 5.74) is 8.32. The number of hydrogen-bond acceptors (Lipinski definition) is 6. The lowest BCUT2D eigenvalue weighted by Gasteiger charge is -2.26. The number of anilines is 3. The van der Waals surface area contributed by atoms with Gasteiger partial charge in [-0.25, -0.2) is 0 Å². The number of hydrogen-bond donors (Lipinski definition) is 1. The Morgan fingerprint density at radius 1 is 1.35 bits per heavy atom. The maximum absolute atomic E-state index is 11.9. The van der Waals surface area contributed by atoms with Crippen LogP contribution < -0.4 is 10.6 Å². The van der Waals surface area contributed by atoms with Crippen molar-refractivity contribution < 1.29 is 4.79 Å². The molecule has 17 heavy (non-hydrogen) atoms. The Morgan fingerprint density at radius 2 is 2.24 bits per heavy atom. The molecule has 1 aromatic heterocycles. The Balaban J connectivity index is 2.14. The minimum atomic E-state index is 0.0146. The summed E-state index contributed by atoms with van der Waals surface area (Å²) in [6, 6.07) is 5.51. The van der Waals surface area contributed by atoms with Crippen LogP contribution in [0.25, 0.3) is 0 Å². The van der Waals surface area contributed by atoms with Gasteiger partial charge in [-0.1, -0.05) is 9.59 Å². The average Bonchev–Trinajstić information content (AvgIpc) is 2.82. The van der Waals surface area contributed by atoms with E-state index in [9.17, 15) is 4.79 Å². The van der Waals surface area contributed by atoms with Crippen LogP contribution in [0.1, 0.15) is 12.0 Å². The fraction of sp³-hybridized carbons (Fsp3) is 0.200. The summed E-state index contributed by atoms with van der Waals surface area (Å²) in [7, 11) is 0. The fourth-order valence-electron chi connectivity index (χ4n) is 1.94. The molecule has 86 valence electrons. The van der Waals surface area contributed by atoms with E-state index in [1.54, 1.807) is 11.0 Å². The Kier molecular flexibility index (Phi) is 2.25. The van der Waals surface area contributed by atoms with Gasteiger partial charge in [-0.05, 0) is 35.4 Å². The van der Waals surface area contributed by atoms with E-state index in [0.717, 1.165) is 22.8 Å². The molecule has 0 saturated heterocycles. The molecule has 2 heterocycles. The number of aromatic nitrogens is 3. The number of aryl methyl sites for hydroxylation is 1.